The third kappa shape index (κ3) is 3.51. The summed E-state index contributed by atoms with van der Waals surface area (Å²) in [6, 6.07) is 10.3. The molecule has 0 unspecified atom stereocenters. The average Bonchev–Trinajstić information content (AvgIpc) is 3.23. The van der Waals surface area contributed by atoms with Gasteiger partial charge in [0.1, 0.15) is 6.54 Å². The normalized spacial score (nSPS) is 11.1. The van der Waals surface area contributed by atoms with Gasteiger partial charge in [0, 0.05) is 36.9 Å². The van der Waals surface area contributed by atoms with E-state index in [0.717, 1.165) is 27.8 Å². The zero-order valence-electron chi connectivity index (χ0n) is 16.2. The standard InChI is InChI=1S/C21H22N6O/c1-14-5-4-6-17(9-14)18-7-8-22-21-20(18)15(2)25-27(21)13-19(28)23-10-16-11-24-26(3)12-16/h4-9,11-12H,10,13H2,1-3H3,(H,23,28). The van der Waals surface area contributed by atoms with E-state index < -0.39 is 0 Å². The van der Waals surface area contributed by atoms with Crippen molar-refractivity contribution < 1.29 is 4.79 Å². The molecular formula is C21H22N6O. The molecule has 4 rings (SSSR count). The quantitative estimate of drug-likeness (QED) is 0.583. The van der Waals surface area contributed by atoms with Crippen molar-refractivity contribution in [1.29, 1.82) is 0 Å². The number of hydrogen-bond acceptors (Lipinski definition) is 4. The van der Waals surface area contributed by atoms with Gasteiger partial charge in [0.05, 0.1) is 11.9 Å². The number of hydrogen-bond donors (Lipinski definition) is 1. The van der Waals surface area contributed by atoms with Gasteiger partial charge in [-0.2, -0.15) is 10.2 Å². The fourth-order valence-electron chi connectivity index (χ4n) is 3.40. The Morgan fingerprint density at radius 1 is 1.21 bits per heavy atom. The Hall–Kier alpha value is -3.48. The van der Waals surface area contributed by atoms with Crippen molar-refractivity contribution in [2.24, 2.45) is 7.05 Å². The summed E-state index contributed by atoms with van der Waals surface area (Å²) in [5.74, 6) is -0.115. The van der Waals surface area contributed by atoms with Crippen LogP contribution in [0.4, 0.5) is 0 Å². The summed E-state index contributed by atoms with van der Waals surface area (Å²) in [5, 5.41) is 12.6. The molecule has 0 fully saturated rings. The van der Waals surface area contributed by atoms with E-state index >= 15 is 0 Å². The molecule has 0 spiro atoms. The van der Waals surface area contributed by atoms with Crippen LogP contribution in [0.1, 0.15) is 16.8 Å². The predicted octanol–water partition coefficient (Wildman–Crippen LogP) is 2.77. The lowest BCUT2D eigenvalue weighted by Crippen LogP contribution is -2.27. The molecule has 0 aliphatic rings. The molecule has 0 aliphatic heterocycles. The van der Waals surface area contributed by atoms with Crippen LogP contribution >= 0.6 is 0 Å². The molecule has 28 heavy (non-hydrogen) atoms. The zero-order chi connectivity index (χ0) is 19.7. The summed E-state index contributed by atoms with van der Waals surface area (Å²) in [6.45, 7) is 4.58. The van der Waals surface area contributed by atoms with Gasteiger partial charge in [-0.25, -0.2) is 9.67 Å². The number of aromatic nitrogens is 5. The summed E-state index contributed by atoms with van der Waals surface area (Å²) >= 11 is 0. The maximum Gasteiger partial charge on any atom is 0.242 e. The lowest BCUT2D eigenvalue weighted by Gasteiger charge is -2.07. The number of rotatable bonds is 5. The first kappa shape index (κ1) is 17.9. The van der Waals surface area contributed by atoms with Crippen molar-refractivity contribution in [3.05, 3.63) is 65.7 Å². The molecule has 0 bridgehead atoms. The number of pyridine rings is 1. The van der Waals surface area contributed by atoms with E-state index in [1.807, 2.05) is 32.3 Å². The van der Waals surface area contributed by atoms with E-state index in [1.165, 1.54) is 5.56 Å². The first-order valence-electron chi connectivity index (χ1n) is 9.14. The number of nitrogens with one attached hydrogen (secondary N) is 1. The van der Waals surface area contributed by atoms with Gasteiger partial charge in [0.25, 0.3) is 0 Å². The summed E-state index contributed by atoms with van der Waals surface area (Å²) in [7, 11) is 1.85. The zero-order valence-corrected chi connectivity index (χ0v) is 16.2. The van der Waals surface area contributed by atoms with Gasteiger partial charge in [-0.05, 0) is 31.0 Å². The van der Waals surface area contributed by atoms with E-state index in [0.29, 0.717) is 12.2 Å². The van der Waals surface area contributed by atoms with Gasteiger partial charge >= 0.3 is 0 Å². The van der Waals surface area contributed by atoms with Crippen LogP contribution in [0.25, 0.3) is 22.2 Å². The number of aryl methyl sites for hydroxylation is 3. The van der Waals surface area contributed by atoms with E-state index in [9.17, 15) is 4.79 Å². The lowest BCUT2D eigenvalue weighted by atomic mass is 10.0. The molecule has 1 amide bonds. The number of fused-ring (bicyclic) bond motifs is 1. The highest BCUT2D eigenvalue weighted by molar-refractivity contribution is 5.95. The molecule has 142 valence electrons. The molecule has 0 saturated carbocycles. The van der Waals surface area contributed by atoms with Crippen LogP contribution in [0, 0.1) is 13.8 Å². The number of carbonyl (C=O) groups excluding carboxylic acids is 1. The molecule has 3 heterocycles. The minimum Gasteiger partial charge on any atom is -0.350 e. The smallest absolute Gasteiger partial charge is 0.242 e. The fourth-order valence-corrected chi connectivity index (χ4v) is 3.40. The van der Waals surface area contributed by atoms with Gasteiger partial charge in [-0.1, -0.05) is 29.8 Å². The highest BCUT2D eigenvalue weighted by Crippen LogP contribution is 2.30. The van der Waals surface area contributed by atoms with Crippen LogP contribution < -0.4 is 5.32 Å². The van der Waals surface area contributed by atoms with Crippen LogP contribution in [0.3, 0.4) is 0 Å². The van der Waals surface area contributed by atoms with Crippen LogP contribution in [0.2, 0.25) is 0 Å². The largest absolute Gasteiger partial charge is 0.350 e. The second-order valence-electron chi connectivity index (χ2n) is 6.97. The highest BCUT2D eigenvalue weighted by Gasteiger charge is 2.16. The Balaban J connectivity index is 1.60. The Morgan fingerprint density at radius 2 is 2.07 bits per heavy atom. The number of nitrogens with zero attached hydrogens (tertiary/aromatic N) is 5. The maximum absolute atomic E-state index is 12.4. The number of carbonyl (C=O) groups is 1. The van der Waals surface area contributed by atoms with Crippen LogP contribution in [0.15, 0.2) is 48.9 Å². The molecule has 1 N–H and O–H groups in total. The maximum atomic E-state index is 12.4. The molecule has 0 saturated heterocycles. The van der Waals surface area contributed by atoms with Gasteiger partial charge in [0.15, 0.2) is 5.65 Å². The summed E-state index contributed by atoms with van der Waals surface area (Å²) in [6.07, 6.45) is 5.39. The molecule has 0 aliphatic carbocycles. The molecule has 3 aromatic heterocycles. The first-order chi connectivity index (χ1) is 13.5. The minimum atomic E-state index is -0.115. The van der Waals surface area contributed by atoms with E-state index in [-0.39, 0.29) is 12.5 Å². The van der Waals surface area contributed by atoms with E-state index in [4.69, 9.17) is 0 Å². The van der Waals surface area contributed by atoms with Crippen molar-refractivity contribution in [3.63, 3.8) is 0 Å². The topological polar surface area (TPSA) is 77.6 Å². The van der Waals surface area contributed by atoms with Gasteiger partial charge in [-0.15, -0.1) is 0 Å². The Bertz CT molecular complexity index is 1160. The monoisotopic (exact) mass is 374 g/mol. The van der Waals surface area contributed by atoms with Crippen molar-refractivity contribution in [2.45, 2.75) is 26.9 Å². The van der Waals surface area contributed by atoms with Crippen molar-refractivity contribution >= 4 is 16.9 Å². The lowest BCUT2D eigenvalue weighted by molar-refractivity contribution is -0.121. The van der Waals surface area contributed by atoms with E-state index in [1.54, 1.807) is 21.8 Å². The SMILES string of the molecule is Cc1cccc(-c2ccnc3c2c(C)nn3CC(=O)NCc2cnn(C)c2)c1. The Labute approximate surface area is 163 Å². The molecule has 0 atom stereocenters. The second-order valence-corrected chi connectivity index (χ2v) is 6.97. The molecular weight excluding hydrogens is 352 g/mol. The van der Waals surface area contributed by atoms with Gasteiger partial charge in [-0.3, -0.25) is 9.48 Å². The van der Waals surface area contributed by atoms with E-state index in [2.05, 4.69) is 45.6 Å². The molecule has 7 heteroatoms. The second kappa shape index (κ2) is 7.26. The Morgan fingerprint density at radius 3 is 2.82 bits per heavy atom. The van der Waals surface area contributed by atoms with Gasteiger partial charge in [0.2, 0.25) is 5.91 Å². The number of benzene rings is 1. The van der Waals surface area contributed by atoms with Crippen LogP contribution in [-0.2, 0) is 24.9 Å². The third-order valence-electron chi connectivity index (χ3n) is 4.68. The first-order valence-corrected chi connectivity index (χ1v) is 9.14. The van der Waals surface area contributed by atoms with Crippen LogP contribution in [0.5, 0.6) is 0 Å². The molecule has 0 radical (unpaired) electrons. The van der Waals surface area contributed by atoms with Crippen molar-refractivity contribution in [2.75, 3.05) is 0 Å². The number of amides is 1. The Kier molecular flexibility index (Phi) is 4.65. The van der Waals surface area contributed by atoms with Crippen molar-refractivity contribution in [3.8, 4) is 11.1 Å². The molecule has 1 aromatic carbocycles. The minimum absolute atomic E-state index is 0.115. The third-order valence-corrected chi connectivity index (χ3v) is 4.68. The molecule has 4 aromatic rings. The summed E-state index contributed by atoms with van der Waals surface area (Å²) in [5.41, 5.74) is 5.93. The fraction of sp³-hybridized carbons (Fsp3) is 0.238. The van der Waals surface area contributed by atoms with Crippen LogP contribution in [-0.4, -0.2) is 30.5 Å². The summed E-state index contributed by atoms with van der Waals surface area (Å²) in [4.78, 5) is 16.9. The van der Waals surface area contributed by atoms with Gasteiger partial charge < -0.3 is 5.32 Å². The predicted molar refractivity (Wildman–Crippen MR) is 107 cm³/mol. The van der Waals surface area contributed by atoms with Crippen molar-refractivity contribution in [1.82, 2.24) is 29.9 Å². The molecule has 7 nitrogen and oxygen atoms in total. The summed E-state index contributed by atoms with van der Waals surface area (Å²) < 4.78 is 3.38. The highest BCUT2D eigenvalue weighted by atomic mass is 16.2. The average molecular weight is 374 g/mol.